The van der Waals surface area contributed by atoms with E-state index < -0.39 is 0 Å². The van der Waals surface area contributed by atoms with Crippen molar-refractivity contribution in [2.24, 2.45) is 0 Å². The lowest BCUT2D eigenvalue weighted by Crippen LogP contribution is -2.10. The lowest BCUT2D eigenvalue weighted by atomic mass is 9.97. The molecule has 4 heteroatoms. The van der Waals surface area contributed by atoms with Gasteiger partial charge in [0.1, 0.15) is 11.6 Å². The molecule has 3 aromatic rings. The van der Waals surface area contributed by atoms with E-state index in [0.717, 1.165) is 22.8 Å². The Morgan fingerprint density at radius 1 is 0.667 bits per heavy atom. The maximum atomic E-state index is 4.52. The summed E-state index contributed by atoms with van der Waals surface area (Å²) in [5.74, 6) is 1.81. The van der Waals surface area contributed by atoms with Crippen LogP contribution in [0.15, 0.2) is 54.9 Å². The second-order valence-corrected chi connectivity index (χ2v) is 7.49. The van der Waals surface area contributed by atoms with Crippen LogP contribution in [0.4, 0.5) is 11.6 Å². The molecule has 0 atom stereocenters. The average Bonchev–Trinajstić information content (AvgIpc) is 2.62. The molecule has 0 aliphatic heterocycles. The molecule has 2 N–H and O–H groups in total. The van der Waals surface area contributed by atoms with Crippen molar-refractivity contribution in [1.82, 2.24) is 9.97 Å². The highest BCUT2D eigenvalue weighted by molar-refractivity contribution is 5.73. The number of anilines is 2. The first kappa shape index (κ1) is 18.9. The molecule has 0 unspecified atom stereocenters. The molecule has 3 rings (SSSR count). The minimum absolute atomic E-state index is 0.375. The maximum absolute atomic E-state index is 4.52. The first-order valence-electron chi connectivity index (χ1n) is 9.49. The molecule has 0 saturated carbocycles. The van der Waals surface area contributed by atoms with Gasteiger partial charge in [0.25, 0.3) is 0 Å². The number of aromatic nitrogens is 2. The summed E-state index contributed by atoms with van der Waals surface area (Å²) in [5, 5.41) is 6.64. The van der Waals surface area contributed by atoms with Gasteiger partial charge in [0.15, 0.2) is 0 Å². The van der Waals surface area contributed by atoms with E-state index in [9.17, 15) is 0 Å². The first-order valence-corrected chi connectivity index (χ1v) is 9.49. The highest BCUT2D eigenvalue weighted by Crippen LogP contribution is 2.29. The van der Waals surface area contributed by atoms with Crippen molar-refractivity contribution >= 4 is 11.6 Å². The van der Waals surface area contributed by atoms with Crippen LogP contribution in [0.1, 0.15) is 33.3 Å². The van der Waals surface area contributed by atoms with E-state index in [0.29, 0.717) is 12.1 Å². The standard InChI is InChI=1S/C23H28N4/c1-15(2)26-22-10-7-19(13-24-22)18-6-9-21(17(5)12-18)20-8-11-23(25-14-20)27-16(3)4/h6-16H,1-5H3,(H,24,26)(H,25,27). The lowest BCUT2D eigenvalue weighted by Gasteiger charge is -2.12. The van der Waals surface area contributed by atoms with E-state index in [2.05, 4.69) is 85.6 Å². The summed E-state index contributed by atoms with van der Waals surface area (Å²) in [6, 6.07) is 15.6. The van der Waals surface area contributed by atoms with Crippen LogP contribution >= 0.6 is 0 Å². The molecule has 140 valence electrons. The van der Waals surface area contributed by atoms with E-state index >= 15 is 0 Å². The van der Waals surface area contributed by atoms with Crippen LogP contribution in [0.5, 0.6) is 0 Å². The van der Waals surface area contributed by atoms with Crippen LogP contribution in [0, 0.1) is 6.92 Å². The Kier molecular flexibility index (Phi) is 5.75. The van der Waals surface area contributed by atoms with Crippen molar-refractivity contribution in [3.05, 3.63) is 60.4 Å². The molecule has 4 nitrogen and oxygen atoms in total. The molecule has 0 aliphatic carbocycles. The van der Waals surface area contributed by atoms with Gasteiger partial charge in [0.2, 0.25) is 0 Å². The van der Waals surface area contributed by atoms with Gasteiger partial charge in [0, 0.05) is 35.6 Å². The number of aryl methyl sites for hydroxylation is 1. The van der Waals surface area contributed by atoms with Crippen molar-refractivity contribution in [3.63, 3.8) is 0 Å². The van der Waals surface area contributed by atoms with Crippen LogP contribution in [0.3, 0.4) is 0 Å². The summed E-state index contributed by atoms with van der Waals surface area (Å²) in [4.78, 5) is 9.03. The number of nitrogens with one attached hydrogen (secondary N) is 2. The predicted molar refractivity (Wildman–Crippen MR) is 115 cm³/mol. The summed E-state index contributed by atoms with van der Waals surface area (Å²) in [6.45, 7) is 10.6. The Morgan fingerprint density at radius 3 is 1.63 bits per heavy atom. The highest BCUT2D eigenvalue weighted by atomic mass is 15.0. The third kappa shape index (κ3) is 4.85. The SMILES string of the molecule is Cc1cc(-c2ccc(NC(C)C)nc2)ccc1-c1ccc(NC(C)C)nc1. The Bertz CT molecular complexity index is 881. The third-order valence-electron chi connectivity index (χ3n) is 4.27. The zero-order chi connectivity index (χ0) is 19.4. The smallest absolute Gasteiger partial charge is 0.126 e. The van der Waals surface area contributed by atoms with E-state index in [1.54, 1.807) is 0 Å². The maximum Gasteiger partial charge on any atom is 0.126 e. The average molecular weight is 361 g/mol. The lowest BCUT2D eigenvalue weighted by molar-refractivity contribution is 0.889. The molecule has 0 bridgehead atoms. The topological polar surface area (TPSA) is 49.8 Å². The fourth-order valence-electron chi connectivity index (χ4n) is 3.05. The van der Waals surface area contributed by atoms with Crippen molar-refractivity contribution < 1.29 is 0 Å². The van der Waals surface area contributed by atoms with Crippen molar-refractivity contribution in [3.8, 4) is 22.3 Å². The van der Waals surface area contributed by atoms with Gasteiger partial charge in [-0.2, -0.15) is 0 Å². The molecular formula is C23H28N4. The van der Waals surface area contributed by atoms with Gasteiger partial charge in [-0.3, -0.25) is 0 Å². The number of hydrogen-bond acceptors (Lipinski definition) is 4. The number of benzene rings is 1. The Balaban J connectivity index is 1.81. The van der Waals surface area contributed by atoms with E-state index in [4.69, 9.17) is 0 Å². The fourth-order valence-corrected chi connectivity index (χ4v) is 3.05. The highest BCUT2D eigenvalue weighted by Gasteiger charge is 2.07. The van der Waals surface area contributed by atoms with Gasteiger partial charge in [-0.15, -0.1) is 0 Å². The third-order valence-corrected chi connectivity index (χ3v) is 4.27. The number of nitrogens with zero attached hydrogens (tertiary/aromatic N) is 2. The van der Waals surface area contributed by atoms with Gasteiger partial charge >= 0.3 is 0 Å². The normalized spacial score (nSPS) is 11.1. The molecule has 27 heavy (non-hydrogen) atoms. The molecule has 1 aromatic carbocycles. The molecule has 0 radical (unpaired) electrons. The Labute approximate surface area is 162 Å². The molecule has 0 spiro atoms. The predicted octanol–water partition coefficient (Wildman–Crippen LogP) is 5.76. The van der Waals surface area contributed by atoms with Gasteiger partial charge < -0.3 is 10.6 Å². The summed E-state index contributed by atoms with van der Waals surface area (Å²) in [5.41, 5.74) is 5.85. The van der Waals surface area contributed by atoms with Gasteiger partial charge in [0.05, 0.1) is 0 Å². The largest absolute Gasteiger partial charge is 0.368 e. The van der Waals surface area contributed by atoms with Gasteiger partial charge in [-0.05, 0) is 75.6 Å². The Morgan fingerprint density at radius 2 is 1.19 bits per heavy atom. The quantitative estimate of drug-likeness (QED) is 0.587. The van der Waals surface area contributed by atoms with E-state index in [1.165, 1.54) is 16.7 Å². The van der Waals surface area contributed by atoms with Crippen molar-refractivity contribution in [2.45, 2.75) is 46.7 Å². The van der Waals surface area contributed by atoms with Crippen LogP contribution in [-0.2, 0) is 0 Å². The molecule has 0 aliphatic rings. The van der Waals surface area contributed by atoms with Crippen molar-refractivity contribution in [1.29, 1.82) is 0 Å². The molecule has 0 fully saturated rings. The van der Waals surface area contributed by atoms with E-state index in [1.807, 2.05) is 24.5 Å². The number of rotatable bonds is 6. The molecule has 2 aromatic heterocycles. The van der Waals surface area contributed by atoms with Crippen molar-refractivity contribution in [2.75, 3.05) is 10.6 Å². The fraction of sp³-hybridized carbons (Fsp3) is 0.304. The van der Waals surface area contributed by atoms with Gasteiger partial charge in [-0.25, -0.2) is 9.97 Å². The first-order chi connectivity index (χ1) is 12.9. The summed E-state index contributed by atoms with van der Waals surface area (Å²) in [6.07, 6.45) is 3.85. The van der Waals surface area contributed by atoms with E-state index in [-0.39, 0.29) is 0 Å². The zero-order valence-corrected chi connectivity index (χ0v) is 16.7. The minimum atomic E-state index is 0.375. The summed E-state index contributed by atoms with van der Waals surface area (Å²) < 4.78 is 0. The second-order valence-electron chi connectivity index (χ2n) is 7.49. The monoisotopic (exact) mass is 360 g/mol. The van der Waals surface area contributed by atoms with Crippen LogP contribution in [0.25, 0.3) is 22.3 Å². The molecular weight excluding hydrogens is 332 g/mol. The van der Waals surface area contributed by atoms with Gasteiger partial charge in [-0.1, -0.05) is 18.2 Å². The zero-order valence-electron chi connectivity index (χ0n) is 16.7. The summed E-state index contributed by atoms with van der Waals surface area (Å²) >= 11 is 0. The van der Waals surface area contributed by atoms with Crippen LogP contribution < -0.4 is 10.6 Å². The minimum Gasteiger partial charge on any atom is -0.368 e. The second kappa shape index (κ2) is 8.21. The Hall–Kier alpha value is -2.88. The molecule has 0 saturated heterocycles. The molecule has 2 heterocycles. The number of pyridine rings is 2. The van der Waals surface area contributed by atoms with Crippen LogP contribution in [-0.4, -0.2) is 22.1 Å². The van der Waals surface area contributed by atoms with Crippen LogP contribution in [0.2, 0.25) is 0 Å². The number of hydrogen-bond donors (Lipinski definition) is 2. The summed E-state index contributed by atoms with van der Waals surface area (Å²) in [7, 11) is 0. The molecule has 0 amide bonds.